The molecule has 1 amide bonds. The Morgan fingerprint density at radius 2 is 1.77 bits per heavy atom. The first-order chi connectivity index (χ1) is 14.2. The fourth-order valence-electron chi connectivity index (χ4n) is 4.18. The molecule has 2 aliphatic rings. The average Bonchev–Trinajstić information content (AvgIpc) is 2.70. The van der Waals surface area contributed by atoms with E-state index in [0.29, 0.717) is 17.7 Å². The molecule has 8 heteroatoms. The highest BCUT2D eigenvalue weighted by Gasteiger charge is 2.43. The minimum Gasteiger partial charge on any atom is -0.490 e. The van der Waals surface area contributed by atoms with E-state index >= 15 is 0 Å². The van der Waals surface area contributed by atoms with Crippen LogP contribution in [0.2, 0.25) is 5.02 Å². The van der Waals surface area contributed by atoms with Gasteiger partial charge in [0.1, 0.15) is 24.0 Å². The average molecular weight is 438 g/mol. The Morgan fingerprint density at radius 3 is 2.47 bits per heavy atom. The number of hydrogen-bond acceptors (Lipinski definition) is 4. The minimum absolute atomic E-state index is 0.0573. The van der Waals surface area contributed by atoms with Gasteiger partial charge in [-0.05, 0) is 56.4 Å². The molecule has 2 aromatic carbocycles. The number of benzene rings is 2. The van der Waals surface area contributed by atoms with Gasteiger partial charge >= 0.3 is 0 Å². The Kier molecular flexibility index (Phi) is 5.46. The van der Waals surface area contributed by atoms with Crippen molar-refractivity contribution < 1.29 is 28.5 Å². The summed E-state index contributed by atoms with van der Waals surface area (Å²) in [5, 5.41) is 24.6. The van der Waals surface area contributed by atoms with Crippen molar-refractivity contribution in [3.63, 3.8) is 0 Å². The molecular formula is C22H22ClF2NO4. The van der Waals surface area contributed by atoms with Gasteiger partial charge in [0.15, 0.2) is 0 Å². The van der Waals surface area contributed by atoms with Gasteiger partial charge in [-0.15, -0.1) is 0 Å². The first-order valence-electron chi connectivity index (χ1n) is 9.83. The van der Waals surface area contributed by atoms with Crippen LogP contribution in [0.1, 0.15) is 43.2 Å². The maximum atomic E-state index is 14.3. The molecule has 1 saturated carbocycles. The zero-order valence-corrected chi connectivity index (χ0v) is 16.9. The van der Waals surface area contributed by atoms with E-state index in [1.165, 1.54) is 24.3 Å². The van der Waals surface area contributed by atoms with Crippen LogP contribution in [0.3, 0.4) is 0 Å². The van der Waals surface area contributed by atoms with Gasteiger partial charge in [-0.25, -0.2) is 8.78 Å². The molecule has 0 saturated heterocycles. The van der Waals surface area contributed by atoms with Crippen LogP contribution in [0.25, 0.3) is 0 Å². The third-order valence-corrected chi connectivity index (χ3v) is 6.26. The van der Waals surface area contributed by atoms with Gasteiger partial charge in [0, 0.05) is 22.6 Å². The van der Waals surface area contributed by atoms with Crippen LogP contribution in [-0.4, -0.2) is 28.3 Å². The molecule has 5 nitrogen and oxygen atoms in total. The summed E-state index contributed by atoms with van der Waals surface area (Å²) in [6.07, 6.45) is 1.29. The van der Waals surface area contributed by atoms with E-state index in [4.69, 9.17) is 16.3 Å². The van der Waals surface area contributed by atoms with Gasteiger partial charge < -0.3 is 20.3 Å². The summed E-state index contributed by atoms with van der Waals surface area (Å²) in [6, 6.07) is 6.86. The van der Waals surface area contributed by atoms with Crippen LogP contribution in [-0.2, 0) is 16.8 Å². The molecule has 2 aromatic rings. The number of nitrogens with one attached hydrogen (secondary N) is 1. The van der Waals surface area contributed by atoms with Crippen LogP contribution in [0.15, 0.2) is 30.3 Å². The summed E-state index contributed by atoms with van der Waals surface area (Å²) in [6.45, 7) is -0.0573. The van der Waals surface area contributed by atoms with E-state index in [1.807, 2.05) is 0 Å². The van der Waals surface area contributed by atoms with E-state index in [1.54, 1.807) is 0 Å². The number of amides is 1. The lowest BCUT2D eigenvalue weighted by Crippen LogP contribution is -2.45. The molecule has 1 aliphatic carbocycles. The van der Waals surface area contributed by atoms with Gasteiger partial charge in [-0.3, -0.25) is 4.79 Å². The number of anilines is 1. The molecule has 4 rings (SSSR count). The molecular weight excluding hydrogens is 416 g/mol. The predicted octanol–water partition coefficient (Wildman–Crippen LogP) is 4.07. The van der Waals surface area contributed by atoms with Crippen molar-refractivity contribution in [3.8, 4) is 5.75 Å². The van der Waals surface area contributed by atoms with Crippen molar-refractivity contribution in [2.45, 2.75) is 49.7 Å². The highest BCUT2D eigenvalue weighted by Crippen LogP contribution is 2.43. The number of aliphatic hydroxyl groups is 2. The number of carbonyl (C=O) groups is 1. The van der Waals surface area contributed by atoms with Crippen molar-refractivity contribution in [3.05, 3.63) is 58.1 Å². The van der Waals surface area contributed by atoms with Crippen molar-refractivity contribution in [2.75, 3.05) is 11.9 Å². The van der Waals surface area contributed by atoms with Crippen LogP contribution in [0, 0.1) is 11.6 Å². The number of halogens is 3. The predicted molar refractivity (Wildman–Crippen MR) is 108 cm³/mol. The van der Waals surface area contributed by atoms with Crippen LogP contribution in [0.5, 0.6) is 5.75 Å². The molecule has 0 atom stereocenters. The van der Waals surface area contributed by atoms with Crippen molar-refractivity contribution in [2.24, 2.45) is 0 Å². The second kappa shape index (κ2) is 7.80. The second-order valence-corrected chi connectivity index (χ2v) is 8.55. The molecule has 1 fully saturated rings. The highest BCUT2D eigenvalue weighted by molar-refractivity contribution is 6.30. The second-order valence-electron chi connectivity index (χ2n) is 8.12. The Balaban J connectivity index is 1.45. The summed E-state index contributed by atoms with van der Waals surface area (Å²) >= 11 is 5.79. The summed E-state index contributed by atoms with van der Waals surface area (Å²) in [4.78, 5) is 11.5. The number of rotatable bonds is 4. The zero-order chi connectivity index (χ0) is 21.5. The molecule has 0 bridgehead atoms. The maximum Gasteiger partial charge on any atom is 0.224 e. The topological polar surface area (TPSA) is 78.8 Å². The smallest absolute Gasteiger partial charge is 0.224 e. The largest absolute Gasteiger partial charge is 0.490 e. The van der Waals surface area contributed by atoms with Gasteiger partial charge in [-0.2, -0.15) is 0 Å². The Bertz CT molecular complexity index is 989. The highest BCUT2D eigenvalue weighted by atomic mass is 35.5. The Labute approximate surface area is 177 Å². The lowest BCUT2D eigenvalue weighted by Gasteiger charge is -2.41. The SMILES string of the molecule is O=C1CCc2c(OCC3(O)CCC(O)(c4ccc(Cl)cc4F)CC3)ccc(F)c2N1. The van der Waals surface area contributed by atoms with Crippen molar-refractivity contribution >= 4 is 23.2 Å². The van der Waals surface area contributed by atoms with Crippen LogP contribution >= 0.6 is 11.6 Å². The molecule has 30 heavy (non-hydrogen) atoms. The standard InChI is InChI=1S/C22H22ClF2NO4/c23-13-1-3-15(17(25)11-13)22(29)9-7-21(28,8-10-22)12-30-18-5-4-16(24)20-14(18)2-6-19(27)26-20/h1,3-5,11,28-29H,2,6-10,12H2,(H,26,27). The first kappa shape index (κ1) is 21.0. The Hall–Kier alpha value is -2.22. The minimum atomic E-state index is -1.39. The Morgan fingerprint density at radius 1 is 1.03 bits per heavy atom. The normalized spacial score (nSPS) is 26.1. The molecule has 0 aromatic heterocycles. The molecule has 0 unspecified atom stereocenters. The van der Waals surface area contributed by atoms with E-state index in [-0.39, 0.29) is 60.9 Å². The monoisotopic (exact) mass is 437 g/mol. The lowest BCUT2D eigenvalue weighted by molar-refractivity contribution is -0.116. The van der Waals surface area contributed by atoms with Gasteiger partial charge in [0.25, 0.3) is 0 Å². The molecule has 0 radical (unpaired) electrons. The zero-order valence-electron chi connectivity index (χ0n) is 16.2. The molecule has 160 valence electrons. The first-order valence-corrected chi connectivity index (χ1v) is 10.2. The van der Waals surface area contributed by atoms with Gasteiger partial charge in [0.2, 0.25) is 5.91 Å². The van der Waals surface area contributed by atoms with E-state index in [2.05, 4.69) is 5.32 Å². The summed E-state index contributed by atoms with van der Waals surface area (Å²) in [5.74, 6) is -0.953. The molecule has 1 heterocycles. The van der Waals surface area contributed by atoms with Crippen molar-refractivity contribution in [1.29, 1.82) is 0 Å². The van der Waals surface area contributed by atoms with E-state index < -0.39 is 22.8 Å². The molecule has 0 spiro atoms. The van der Waals surface area contributed by atoms with E-state index in [9.17, 15) is 23.8 Å². The number of carbonyl (C=O) groups excluding carboxylic acids is 1. The lowest BCUT2D eigenvalue weighted by atomic mass is 9.73. The summed E-state index contributed by atoms with van der Waals surface area (Å²) in [5.41, 5.74) is -1.76. The van der Waals surface area contributed by atoms with Gasteiger partial charge in [0.05, 0.1) is 16.9 Å². The van der Waals surface area contributed by atoms with Gasteiger partial charge in [-0.1, -0.05) is 17.7 Å². The number of fused-ring (bicyclic) bond motifs is 1. The molecule has 1 aliphatic heterocycles. The third kappa shape index (κ3) is 4.02. The quantitative estimate of drug-likeness (QED) is 0.673. The fourth-order valence-corrected chi connectivity index (χ4v) is 4.34. The molecule has 3 N–H and O–H groups in total. The van der Waals surface area contributed by atoms with E-state index in [0.717, 1.165) is 6.07 Å². The third-order valence-electron chi connectivity index (χ3n) is 6.02. The fraction of sp³-hybridized carbons (Fsp3) is 0.409. The summed E-state index contributed by atoms with van der Waals surface area (Å²) in [7, 11) is 0. The maximum absolute atomic E-state index is 14.3. The van der Waals surface area contributed by atoms with Crippen LogP contribution in [0.4, 0.5) is 14.5 Å². The number of hydrogen-bond donors (Lipinski definition) is 3. The summed E-state index contributed by atoms with van der Waals surface area (Å²) < 4.78 is 34.1. The number of ether oxygens (including phenoxy) is 1. The van der Waals surface area contributed by atoms with Crippen LogP contribution < -0.4 is 10.1 Å². The van der Waals surface area contributed by atoms with Crippen molar-refractivity contribution in [1.82, 2.24) is 0 Å².